The van der Waals surface area contributed by atoms with E-state index in [1.807, 2.05) is 24.4 Å². The Kier molecular flexibility index (Phi) is 7.07. The number of benzene rings is 7. The fourth-order valence-corrected chi connectivity index (χ4v) is 7.77. The fraction of sp³-hybridized carbons (Fsp3) is 0. The van der Waals surface area contributed by atoms with Crippen LogP contribution in [0.1, 0.15) is 0 Å². The Morgan fingerprint density at radius 2 is 0.818 bits per heavy atom. The lowest BCUT2D eigenvalue weighted by Gasteiger charge is -2.12. The first kappa shape index (κ1) is 31.0. The lowest BCUT2D eigenvalue weighted by atomic mass is 9.99. The molecule has 0 spiro atoms. The molecule has 0 radical (unpaired) electrons. The molecule has 0 fully saturated rings. The highest BCUT2D eigenvalue weighted by molar-refractivity contribution is 6.09. The van der Waals surface area contributed by atoms with Crippen LogP contribution in [0, 0.1) is 0 Å². The smallest absolute Gasteiger partial charge is 0.165 e. The first-order valence-corrected chi connectivity index (χ1v) is 18.3. The summed E-state index contributed by atoms with van der Waals surface area (Å²) in [6.07, 6.45) is 2.02. The van der Waals surface area contributed by atoms with Gasteiger partial charge in [0.1, 0.15) is 11.2 Å². The number of hydrogen-bond donors (Lipinski definition) is 0. The van der Waals surface area contributed by atoms with Gasteiger partial charge in [0.05, 0.1) is 5.69 Å². The zero-order chi connectivity index (χ0) is 36.3. The van der Waals surface area contributed by atoms with Crippen molar-refractivity contribution in [3.05, 3.63) is 182 Å². The van der Waals surface area contributed by atoms with Gasteiger partial charge >= 0.3 is 0 Å². The predicted octanol–water partition coefficient (Wildman–Crippen LogP) is 11.9. The number of fused-ring (bicyclic) bond motifs is 7. The van der Waals surface area contributed by atoms with Crippen molar-refractivity contribution in [3.8, 4) is 56.5 Å². The van der Waals surface area contributed by atoms with E-state index in [1.54, 1.807) is 0 Å². The van der Waals surface area contributed by atoms with Crippen LogP contribution in [0.4, 0.5) is 0 Å². The third kappa shape index (κ3) is 5.23. The number of aromatic nitrogens is 6. The minimum Gasteiger partial charge on any atom is -0.284 e. The van der Waals surface area contributed by atoms with Crippen molar-refractivity contribution in [2.24, 2.45) is 0 Å². The number of pyridine rings is 2. The van der Waals surface area contributed by atoms with E-state index in [2.05, 4.69) is 162 Å². The van der Waals surface area contributed by atoms with Gasteiger partial charge in [0.25, 0.3) is 0 Å². The van der Waals surface area contributed by atoms with Gasteiger partial charge in [-0.1, -0.05) is 164 Å². The summed E-state index contributed by atoms with van der Waals surface area (Å²) in [6, 6.07) is 60.9. The normalized spacial score (nSPS) is 11.6. The molecule has 256 valence electrons. The van der Waals surface area contributed by atoms with Gasteiger partial charge in [-0.3, -0.25) is 4.40 Å². The zero-order valence-corrected chi connectivity index (χ0v) is 29.5. The molecule has 0 N–H and O–H groups in total. The molecular weight excluding hydrogens is 673 g/mol. The van der Waals surface area contributed by atoms with Gasteiger partial charge in [0.15, 0.2) is 23.1 Å². The SMILES string of the molecule is c1ccc2c(-c3nc(-c4ccc(-c5ccc(-c6nc7c(nc8ccccn87)c7ccccc67)cc5)cc4)nc(-c4cccc5ccccc45)n3)cccc2c1. The first-order valence-electron chi connectivity index (χ1n) is 18.3. The molecule has 4 heterocycles. The van der Waals surface area contributed by atoms with Crippen LogP contribution >= 0.6 is 0 Å². The number of rotatable bonds is 5. The second-order valence-corrected chi connectivity index (χ2v) is 13.7. The average molecular weight is 703 g/mol. The van der Waals surface area contributed by atoms with Gasteiger partial charge in [-0.2, -0.15) is 0 Å². The van der Waals surface area contributed by atoms with E-state index in [9.17, 15) is 0 Å². The highest BCUT2D eigenvalue weighted by Crippen LogP contribution is 2.35. The summed E-state index contributed by atoms with van der Waals surface area (Å²) in [6.45, 7) is 0. The Morgan fingerprint density at radius 3 is 1.45 bits per heavy atom. The maximum absolute atomic E-state index is 5.18. The molecule has 6 nitrogen and oxygen atoms in total. The number of hydrogen-bond acceptors (Lipinski definition) is 5. The minimum absolute atomic E-state index is 0.628. The second-order valence-electron chi connectivity index (χ2n) is 13.7. The van der Waals surface area contributed by atoms with Crippen LogP contribution in [0.25, 0.3) is 106 Å². The number of nitrogens with zero attached hydrogens (tertiary/aromatic N) is 6. The van der Waals surface area contributed by atoms with Crippen molar-refractivity contribution >= 4 is 49.1 Å². The largest absolute Gasteiger partial charge is 0.284 e. The molecule has 55 heavy (non-hydrogen) atoms. The molecule has 0 saturated carbocycles. The van der Waals surface area contributed by atoms with E-state index in [4.69, 9.17) is 24.9 Å². The van der Waals surface area contributed by atoms with Crippen LogP contribution in [0.2, 0.25) is 0 Å². The topological polar surface area (TPSA) is 68.9 Å². The van der Waals surface area contributed by atoms with Crippen molar-refractivity contribution in [2.45, 2.75) is 0 Å². The standard InChI is InChI=1S/C49H30N6/c1-3-15-37-33(11-1)13-9-19-41(37)47-52-46(53-48(54-47)42-20-10-14-34-12-2-4-16-38(34)42)36-28-24-32(25-29-36)31-22-26-35(27-23-31)44-39-17-5-6-18-40(39)45-49(51-44)55-30-8-7-21-43(55)50-45/h1-30H. The van der Waals surface area contributed by atoms with Crippen molar-refractivity contribution < 1.29 is 0 Å². The second kappa shape index (κ2) is 12.5. The maximum atomic E-state index is 5.18. The maximum Gasteiger partial charge on any atom is 0.165 e. The van der Waals surface area contributed by atoms with Crippen molar-refractivity contribution in [2.75, 3.05) is 0 Å². The van der Waals surface area contributed by atoms with Gasteiger partial charge < -0.3 is 0 Å². The Morgan fingerprint density at radius 1 is 0.327 bits per heavy atom. The van der Waals surface area contributed by atoms with Crippen LogP contribution in [0.15, 0.2) is 182 Å². The molecule has 0 amide bonds. The highest BCUT2D eigenvalue weighted by atomic mass is 15.1. The fourth-order valence-electron chi connectivity index (χ4n) is 7.77. The lowest BCUT2D eigenvalue weighted by molar-refractivity contribution is 1.08. The number of imidazole rings is 1. The molecule has 4 aromatic heterocycles. The summed E-state index contributed by atoms with van der Waals surface area (Å²) in [5, 5.41) is 6.67. The first-order chi connectivity index (χ1) is 27.2. The molecule has 0 atom stereocenters. The Balaban J connectivity index is 0.988. The highest BCUT2D eigenvalue weighted by Gasteiger charge is 2.17. The minimum atomic E-state index is 0.628. The van der Waals surface area contributed by atoms with Gasteiger partial charge in [-0.15, -0.1) is 0 Å². The van der Waals surface area contributed by atoms with Gasteiger partial charge in [0.2, 0.25) is 0 Å². The summed E-state index contributed by atoms with van der Waals surface area (Å²) in [7, 11) is 0. The summed E-state index contributed by atoms with van der Waals surface area (Å²) < 4.78 is 2.06. The molecule has 0 aliphatic rings. The molecule has 6 heteroatoms. The molecule has 7 aromatic carbocycles. The molecule has 0 aliphatic carbocycles. The van der Waals surface area contributed by atoms with E-state index in [-0.39, 0.29) is 0 Å². The van der Waals surface area contributed by atoms with Gasteiger partial charge in [0, 0.05) is 39.2 Å². The summed E-state index contributed by atoms with van der Waals surface area (Å²) in [4.78, 5) is 25.4. The van der Waals surface area contributed by atoms with E-state index >= 15 is 0 Å². The van der Waals surface area contributed by atoms with Crippen LogP contribution in [-0.4, -0.2) is 29.3 Å². The van der Waals surface area contributed by atoms with E-state index in [0.29, 0.717) is 17.5 Å². The summed E-state index contributed by atoms with van der Waals surface area (Å²) in [5.74, 6) is 1.92. The van der Waals surface area contributed by atoms with E-state index in [0.717, 1.165) is 88.2 Å². The molecule has 11 aromatic rings. The van der Waals surface area contributed by atoms with Crippen LogP contribution in [-0.2, 0) is 0 Å². The van der Waals surface area contributed by atoms with Crippen molar-refractivity contribution in [1.29, 1.82) is 0 Å². The Hall–Kier alpha value is -7.57. The monoisotopic (exact) mass is 702 g/mol. The van der Waals surface area contributed by atoms with Gasteiger partial charge in [-0.25, -0.2) is 24.9 Å². The van der Waals surface area contributed by atoms with Gasteiger partial charge in [-0.05, 0) is 44.8 Å². The third-order valence-corrected chi connectivity index (χ3v) is 10.5. The van der Waals surface area contributed by atoms with Crippen molar-refractivity contribution in [3.63, 3.8) is 0 Å². The molecule has 0 saturated heterocycles. The molecule has 0 aliphatic heterocycles. The van der Waals surface area contributed by atoms with Crippen LogP contribution in [0.5, 0.6) is 0 Å². The lowest BCUT2D eigenvalue weighted by Crippen LogP contribution is -2.01. The van der Waals surface area contributed by atoms with E-state index < -0.39 is 0 Å². The summed E-state index contributed by atoms with van der Waals surface area (Å²) in [5.41, 5.74) is 9.72. The van der Waals surface area contributed by atoms with Crippen LogP contribution < -0.4 is 0 Å². The van der Waals surface area contributed by atoms with Crippen LogP contribution in [0.3, 0.4) is 0 Å². The predicted molar refractivity (Wildman–Crippen MR) is 224 cm³/mol. The quantitative estimate of drug-likeness (QED) is 0.179. The molecule has 0 unspecified atom stereocenters. The average Bonchev–Trinajstić information content (AvgIpc) is 3.65. The van der Waals surface area contributed by atoms with Crippen molar-refractivity contribution in [1.82, 2.24) is 29.3 Å². The Labute approximate surface area is 316 Å². The summed E-state index contributed by atoms with van der Waals surface area (Å²) >= 11 is 0. The third-order valence-electron chi connectivity index (χ3n) is 10.5. The molecule has 0 bridgehead atoms. The molecular formula is C49H30N6. The Bertz CT molecular complexity index is 3150. The zero-order valence-electron chi connectivity index (χ0n) is 29.5. The molecule has 11 rings (SSSR count). The van der Waals surface area contributed by atoms with E-state index in [1.165, 1.54) is 0 Å².